The van der Waals surface area contributed by atoms with Gasteiger partial charge in [0.05, 0.1) is 12.1 Å². The van der Waals surface area contributed by atoms with Crippen molar-refractivity contribution in [2.45, 2.75) is 39.2 Å². The minimum absolute atomic E-state index is 0.471. The molecule has 1 fully saturated rings. The van der Waals surface area contributed by atoms with Gasteiger partial charge in [-0.1, -0.05) is 13.8 Å². The van der Waals surface area contributed by atoms with Gasteiger partial charge in [0.15, 0.2) is 5.96 Å². The molecule has 1 aliphatic rings. The van der Waals surface area contributed by atoms with E-state index in [2.05, 4.69) is 29.5 Å². The molecule has 0 aromatic rings. The number of ether oxygens (including phenoxy) is 1. The van der Waals surface area contributed by atoms with Crippen LogP contribution in [0.25, 0.3) is 0 Å². The summed E-state index contributed by atoms with van der Waals surface area (Å²) in [5.41, 5.74) is -0.618. The SMILES string of the molecule is CCNC(=NCC1(O)CCSC1)NCCCOCC(C)C. The second kappa shape index (κ2) is 10.3. The van der Waals surface area contributed by atoms with E-state index in [1.54, 1.807) is 11.8 Å². The maximum absolute atomic E-state index is 10.3. The van der Waals surface area contributed by atoms with E-state index in [0.29, 0.717) is 12.5 Å². The van der Waals surface area contributed by atoms with Gasteiger partial charge in [-0.3, -0.25) is 4.99 Å². The van der Waals surface area contributed by atoms with Gasteiger partial charge in [-0.15, -0.1) is 0 Å². The fourth-order valence-electron chi connectivity index (χ4n) is 1.99. The monoisotopic (exact) mass is 317 g/mol. The number of rotatable bonds is 9. The first-order chi connectivity index (χ1) is 10.1. The molecule has 21 heavy (non-hydrogen) atoms. The molecule has 5 nitrogen and oxygen atoms in total. The molecule has 1 atom stereocenters. The Morgan fingerprint density at radius 3 is 2.86 bits per heavy atom. The highest BCUT2D eigenvalue weighted by molar-refractivity contribution is 7.99. The Balaban J connectivity index is 2.22. The normalized spacial score (nSPS) is 22.8. The van der Waals surface area contributed by atoms with Crippen LogP contribution in [0.2, 0.25) is 0 Å². The molecule has 1 unspecified atom stereocenters. The van der Waals surface area contributed by atoms with Crippen LogP contribution in [0.4, 0.5) is 0 Å². The average Bonchev–Trinajstić information content (AvgIpc) is 2.87. The van der Waals surface area contributed by atoms with Gasteiger partial charge in [0.2, 0.25) is 0 Å². The summed E-state index contributed by atoms with van der Waals surface area (Å²) in [6.07, 6.45) is 1.79. The summed E-state index contributed by atoms with van der Waals surface area (Å²) in [7, 11) is 0. The summed E-state index contributed by atoms with van der Waals surface area (Å²) in [5, 5.41) is 16.8. The lowest BCUT2D eigenvalue weighted by Crippen LogP contribution is -2.40. The van der Waals surface area contributed by atoms with Crippen molar-refractivity contribution in [3.05, 3.63) is 0 Å². The van der Waals surface area contributed by atoms with E-state index in [1.165, 1.54) is 0 Å². The summed E-state index contributed by atoms with van der Waals surface area (Å²) in [5.74, 6) is 3.19. The highest BCUT2D eigenvalue weighted by Gasteiger charge is 2.31. The number of guanidine groups is 1. The maximum Gasteiger partial charge on any atom is 0.191 e. The van der Waals surface area contributed by atoms with Gasteiger partial charge in [0.25, 0.3) is 0 Å². The van der Waals surface area contributed by atoms with Crippen LogP contribution >= 0.6 is 11.8 Å². The van der Waals surface area contributed by atoms with Crippen LogP contribution in [0, 0.1) is 5.92 Å². The summed E-state index contributed by atoms with van der Waals surface area (Å²) >= 11 is 1.80. The van der Waals surface area contributed by atoms with Crippen LogP contribution in [0.15, 0.2) is 4.99 Å². The Kier molecular flexibility index (Phi) is 9.11. The van der Waals surface area contributed by atoms with Crippen molar-refractivity contribution in [3.63, 3.8) is 0 Å². The smallest absolute Gasteiger partial charge is 0.191 e. The van der Waals surface area contributed by atoms with Gasteiger partial charge in [-0.2, -0.15) is 11.8 Å². The first-order valence-electron chi connectivity index (χ1n) is 7.96. The molecule has 0 bridgehead atoms. The van der Waals surface area contributed by atoms with Crippen molar-refractivity contribution in [1.82, 2.24) is 10.6 Å². The van der Waals surface area contributed by atoms with E-state index in [4.69, 9.17) is 4.74 Å². The number of nitrogens with zero attached hydrogens (tertiary/aromatic N) is 1. The number of nitrogens with one attached hydrogen (secondary N) is 2. The highest BCUT2D eigenvalue weighted by atomic mass is 32.2. The van der Waals surface area contributed by atoms with Crippen LogP contribution in [0.5, 0.6) is 0 Å². The predicted octanol–water partition coefficient (Wildman–Crippen LogP) is 1.47. The lowest BCUT2D eigenvalue weighted by atomic mass is 10.1. The second-order valence-corrected chi connectivity index (χ2v) is 7.08. The lowest BCUT2D eigenvalue weighted by molar-refractivity contribution is 0.0778. The number of hydrogen-bond donors (Lipinski definition) is 3. The average molecular weight is 317 g/mol. The highest BCUT2D eigenvalue weighted by Crippen LogP contribution is 2.27. The molecule has 0 aliphatic carbocycles. The molecule has 0 aromatic carbocycles. The third-order valence-electron chi connectivity index (χ3n) is 3.17. The Bertz CT molecular complexity index is 305. The fraction of sp³-hybridized carbons (Fsp3) is 0.933. The molecule has 3 N–H and O–H groups in total. The van der Waals surface area contributed by atoms with E-state index in [0.717, 1.165) is 56.6 Å². The molecule has 0 amide bonds. The van der Waals surface area contributed by atoms with Crippen molar-refractivity contribution >= 4 is 17.7 Å². The molecule has 1 saturated heterocycles. The third-order valence-corrected chi connectivity index (χ3v) is 4.40. The zero-order valence-electron chi connectivity index (χ0n) is 13.7. The Morgan fingerprint density at radius 1 is 1.43 bits per heavy atom. The minimum Gasteiger partial charge on any atom is -0.387 e. The molecular weight excluding hydrogens is 286 g/mol. The summed E-state index contributed by atoms with van der Waals surface area (Å²) in [6.45, 7) is 10.1. The zero-order chi connectivity index (χ0) is 15.6. The number of thioether (sulfide) groups is 1. The standard InChI is InChI=1S/C15H31N3O2S/c1-4-16-14(17-7-5-8-20-10-13(2)3)18-11-15(19)6-9-21-12-15/h13,19H,4-12H2,1-3H3,(H2,16,17,18). The number of hydrogen-bond acceptors (Lipinski definition) is 4. The van der Waals surface area contributed by atoms with E-state index in [1.807, 2.05) is 6.92 Å². The summed E-state index contributed by atoms with van der Waals surface area (Å²) in [4.78, 5) is 4.50. The molecule has 124 valence electrons. The molecular formula is C15H31N3O2S. The molecule has 0 spiro atoms. The number of aliphatic hydroxyl groups is 1. The van der Waals surface area contributed by atoms with E-state index >= 15 is 0 Å². The summed E-state index contributed by atoms with van der Waals surface area (Å²) < 4.78 is 5.55. The largest absolute Gasteiger partial charge is 0.387 e. The maximum atomic E-state index is 10.3. The van der Waals surface area contributed by atoms with Gasteiger partial charge >= 0.3 is 0 Å². The van der Waals surface area contributed by atoms with E-state index < -0.39 is 5.60 Å². The molecule has 1 aliphatic heterocycles. The van der Waals surface area contributed by atoms with Crippen molar-refractivity contribution in [1.29, 1.82) is 0 Å². The molecule has 0 aromatic heterocycles. The Morgan fingerprint density at radius 2 is 2.24 bits per heavy atom. The number of aliphatic imine (C=N–C) groups is 1. The van der Waals surface area contributed by atoms with E-state index in [9.17, 15) is 5.11 Å². The van der Waals surface area contributed by atoms with Crippen LogP contribution in [-0.2, 0) is 4.74 Å². The first-order valence-corrected chi connectivity index (χ1v) is 9.11. The fourth-order valence-corrected chi connectivity index (χ4v) is 3.27. The molecule has 0 saturated carbocycles. The minimum atomic E-state index is -0.618. The van der Waals surface area contributed by atoms with Gasteiger partial charge in [0, 0.05) is 32.1 Å². The predicted molar refractivity (Wildman–Crippen MR) is 91.1 cm³/mol. The molecule has 1 rings (SSSR count). The van der Waals surface area contributed by atoms with Gasteiger partial charge in [-0.05, 0) is 31.4 Å². The Labute approximate surface area is 133 Å². The Hall–Kier alpha value is -0.460. The van der Waals surface area contributed by atoms with Crippen LogP contribution < -0.4 is 10.6 Å². The van der Waals surface area contributed by atoms with E-state index in [-0.39, 0.29) is 0 Å². The third kappa shape index (κ3) is 8.53. The topological polar surface area (TPSA) is 65.9 Å². The second-order valence-electron chi connectivity index (χ2n) is 5.97. The van der Waals surface area contributed by atoms with Gasteiger partial charge in [-0.25, -0.2) is 0 Å². The zero-order valence-corrected chi connectivity index (χ0v) is 14.5. The quantitative estimate of drug-likeness (QED) is 0.341. The van der Waals surface area contributed by atoms with Crippen LogP contribution in [0.3, 0.4) is 0 Å². The van der Waals surface area contributed by atoms with Gasteiger partial charge < -0.3 is 20.5 Å². The lowest BCUT2D eigenvalue weighted by Gasteiger charge is -2.19. The first kappa shape index (κ1) is 18.6. The van der Waals surface area contributed by atoms with Crippen molar-refractivity contribution in [3.8, 4) is 0 Å². The van der Waals surface area contributed by atoms with Gasteiger partial charge in [0.1, 0.15) is 0 Å². The molecule has 6 heteroatoms. The van der Waals surface area contributed by atoms with Crippen LogP contribution in [0.1, 0.15) is 33.6 Å². The summed E-state index contributed by atoms with van der Waals surface area (Å²) in [6, 6.07) is 0. The van der Waals surface area contributed by atoms with Crippen molar-refractivity contribution < 1.29 is 9.84 Å². The van der Waals surface area contributed by atoms with Crippen molar-refractivity contribution in [2.24, 2.45) is 10.9 Å². The molecule has 0 radical (unpaired) electrons. The molecule has 1 heterocycles. The van der Waals surface area contributed by atoms with Crippen molar-refractivity contribution in [2.75, 3.05) is 44.4 Å². The van der Waals surface area contributed by atoms with Crippen LogP contribution in [-0.4, -0.2) is 61.0 Å².